The summed E-state index contributed by atoms with van der Waals surface area (Å²) >= 11 is 5.04. The van der Waals surface area contributed by atoms with Gasteiger partial charge in [0, 0.05) is 12.2 Å². The summed E-state index contributed by atoms with van der Waals surface area (Å²) in [5.41, 5.74) is 8.01. The van der Waals surface area contributed by atoms with Gasteiger partial charge in [-0.3, -0.25) is 0 Å². The van der Waals surface area contributed by atoms with Crippen molar-refractivity contribution in [2.24, 2.45) is 11.1 Å². The zero-order chi connectivity index (χ0) is 12.5. The number of nitrogens with two attached hydrogens (primary N) is 1. The second kappa shape index (κ2) is 4.61. The van der Waals surface area contributed by atoms with Gasteiger partial charge in [-0.15, -0.1) is 0 Å². The normalized spacial score (nSPS) is 16.6. The Morgan fingerprint density at radius 2 is 2.24 bits per heavy atom. The average Bonchev–Trinajstić information content (AvgIpc) is 3.07. The van der Waals surface area contributed by atoms with E-state index >= 15 is 0 Å². The highest BCUT2D eigenvalue weighted by Gasteiger charge is 2.40. The molecule has 2 rings (SSSR count). The number of nitrogens with zero attached hydrogens (tertiary/aromatic N) is 1. The summed E-state index contributed by atoms with van der Waals surface area (Å²) in [6, 6.07) is 3.88. The van der Waals surface area contributed by atoms with Gasteiger partial charge in [-0.05, 0) is 43.7 Å². The molecular formula is C13H19N3S. The number of thiocarbonyl (C=S) groups is 1. The van der Waals surface area contributed by atoms with Crippen molar-refractivity contribution in [2.75, 3.05) is 11.9 Å². The molecule has 1 heterocycles. The maximum Gasteiger partial charge on any atom is 0.136 e. The summed E-state index contributed by atoms with van der Waals surface area (Å²) < 4.78 is 0. The Balaban J connectivity index is 2.13. The van der Waals surface area contributed by atoms with E-state index in [1.807, 2.05) is 19.1 Å². The highest BCUT2D eigenvalue weighted by atomic mass is 32.1. The van der Waals surface area contributed by atoms with Crippen LogP contribution >= 0.6 is 12.2 Å². The lowest BCUT2D eigenvalue weighted by Crippen LogP contribution is -2.19. The molecule has 0 atom stereocenters. The van der Waals surface area contributed by atoms with Crippen molar-refractivity contribution in [3.05, 3.63) is 23.4 Å². The Bertz CT molecular complexity index is 438. The molecule has 0 spiro atoms. The van der Waals surface area contributed by atoms with Crippen LogP contribution in [0.25, 0.3) is 0 Å². The summed E-state index contributed by atoms with van der Waals surface area (Å²) in [5, 5.41) is 3.41. The van der Waals surface area contributed by atoms with Gasteiger partial charge >= 0.3 is 0 Å². The molecule has 3 nitrogen and oxygen atoms in total. The van der Waals surface area contributed by atoms with Crippen LogP contribution in [0, 0.1) is 12.3 Å². The minimum absolute atomic E-state index is 0.404. The Morgan fingerprint density at radius 3 is 2.76 bits per heavy atom. The number of aromatic nitrogens is 1. The van der Waals surface area contributed by atoms with Crippen molar-refractivity contribution < 1.29 is 0 Å². The fourth-order valence-corrected chi connectivity index (χ4v) is 2.16. The monoisotopic (exact) mass is 249 g/mol. The molecule has 4 heteroatoms. The van der Waals surface area contributed by atoms with E-state index in [1.165, 1.54) is 19.3 Å². The topological polar surface area (TPSA) is 50.9 Å². The number of anilines is 1. The van der Waals surface area contributed by atoms with Crippen LogP contribution in [0.1, 0.15) is 37.4 Å². The molecule has 1 aromatic rings. The lowest BCUT2D eigenvalue weighted by Gasteiger charge is -2.16. The molecule has 1 saturated carbocycles. The van der Waals surface area contributed by atoms with Crippen molar-refractivity contribution in [3.8, 4) is 0 Å². The zero-order valence-corrected chi connectivity index (χ0v) is 11.2. The van der Waals surface area contributed by atoms with E-state index in [-0.39, 0.29) is 0 Å². The number of pyridine rings is 1. The van der Waals surface area contributed by atoms with Crippen LogP contribution in [0.2, 0.25) is 0 Å². The number of aryl methyl sites for hydroxylation is 1. The number of nitrogens with one attached hydrogen (secondary N) is 1. The van der Waals surface area contributed by atoms with E-state index < -0.39 is 0 Å². The number of rotatable bonds is 5. The lowest BCUT2D eigenvalue weighted by atomic mass is 10.0. The molecule has 1 fully saturated rings. The smallest absolute Gasteiger partial charge is 0.136 e. The summed E-state index contributed by atoms with van der Waals surface area (Å²) in [5.74, 6) is 0.831. The molecule has 3 N–H and O–H groups in total. The van der Waals surface area contributed by atoms with Gasteiger partial charge in [0.25, 0.3) is 0 Å². The van der Waals surface area contributed by atoms with Gasteiger partial charge in [-0.1, -0.05) is 19.1 Å². The maximum atomic E-state index is 5.70. The van der Waals surface area contributed by atoms with Gasteiger partial charge in [0.2, 0.25) is 0 Å². The molecule has 1 aliphatic carbocycles. The second-order valence-electron chi connectivity index (χ2n) is 4.92. The standard InChI is InChI=1S/C13H19N3S/c1-3-13(6-7-13)8-15-12-10(11(14)17)5-4-9(2)16-12/h4-5H,3,6-8H2,1-2H3,(H2,14,17)(H,15,16). The van der Waals surface area contributed by atoms with Gasteiger partial charge in [0.1, 0.15) is 10.8 Å². The molecule has 0 aromatic carbocycles. The van der Waals surface area contributed by atoms with Crippen molar-refractivity contribution in [2.45, 2.75) is 33.1 Å². The molecule has 0 bridgehead atoms. The summed E-state index contributed by atoms with van der Waals surface area (Å²) in [7, 11) is 0. The molecule has 0 unspecified atom stereocenters. The van der Waals surface area contributed by atoms with Gasteiger partial charge in [0.05, 0.1) is 5.56 Å². The SMILES string of the molecule is CCC1(CNc2nc(C)ccc2C(N)=S)CC1. The molecule has 0 saturated heterocycles. The largest absolute Gasteiger partial charge is 0.389 e. The van der Waals surface area contributed by atoms with E-state index in [1.54, 1.807) is 0 Å². The van der Waals surface area contributed by atoms with E-state index in [0.29, 0.717) is 10.4 Å². The van der Waals surface area contributed by atoms with E-state index in [9.17, 15) is 0 Å². The first-order valence-electron chi connectivity index (χ1n) is 6.08. The molecular weight excluding hydrogens is 230 g/mol. The Hall–Kier alpha value is -1.16. The fraction of sp³-hybridized carbons (Fsp3) is 0.538. The van der Waals surface area contributed by atoms with E-state index in [0.717, 1.165) is 23.6 Å². The van der Waals surface area contributed by atoms with Crippen LogP contribution in [-0.2, 0) is 0 Å². The number of hydrogen-bond donors (Lipinski definition) is 2. The molecule has 0 radical (unpaired) electrons. The Morgan fingerprint density at radius 1 is 1.53 bits per heavy atom. The van der Waals surface area contributed by atoms with Gasteiger partial charge in [-0.25, -0.2) is 4.98 Å². The third kappa shape index (κ3) is 2.75. The predicted molar refractivity (Wildman–Crippen MR) is 75.3 cm³/mol. The molecule has 17 heavy (non-hydrogen) atoms. The molecule has 0 aliphatic heterocycles. The van der Waals surface area contributed by atoms with Crippen molar-refractivity contribution in [1.82, 2.24) is 4.98 Å². The fourth-order valence-electron chi connectivity index (χ4n) is 1.99. The first-order chi connectivity index (χ1) is 8.06. The van der Waals surface area contributed by atoms with Crippen LogP contribution in [0.15, 0.2) is 12.1 Å². The highest BCUT2D eigenvalue weighted by Crippen LogP contribution is 2.48. The van der Waals surface area contributed by atoms with Crippen LogP contribution in [0.3, 0.4) is 0 Å². The minimum atomic E-state index is 0.404. The maximum absolute atomic E-state index is 5.70. The van der Waals surface area contributed by atoms with Crippen LogP contribution in [0.4, 0.5) is 5.82 Å². The third-order valence-electron chi connectivity index (χ3n) is 3.64. The van der Waals surface area contributed by atoms with Crippen molar-refractivity contribution in [1.29, 1.82) is 0 Å². The predicted octanol–water partition coefficient (Wildman–Crippen LogP) is 2.63. The van der Waals surface area contributed by atoms with Crippen LogP contribution < -0.4 is 11.1 Å². The molecule has 92 valence electrons. The zero-order valence-electron chi connectivity index (χ0n) is 10.4. The van der Waals surface area contributed by atoms with Gasteiger partial charge in [-0.2, -0.15) is 0 Å². The van der Waals surface area contributed by atoms with Crippen LogP contribution in [-0.4, -0.2) is 16.5 Å². The summed E-state index contributed by atoms with van der Waals surface area (Å²) in [6.45, 7) is 5.18. The van der Waals surface area contributed by atoms with Crippen molar-refractivity contribution in [3.63, 3.8) is 0 Å². The molecule has 1 aromatic heterocycles. The molecule has 1 aliphatic rings. The lowest BCUT2D eigenvalue weighted by molar-refractivity contribution is 0.520. The third-order valence-corrected chi connectivity index (χ3v) is 3.86. The van der Waals surface area contributed by atoms with Crippen LogP contribution in [0.5, 0.6) is 0 Å². The first kappa shape index (κ1) is 12.3. The summed E-state index contributed by atoms with van der Waals surface area (Å²) in [6.07, 6.45) is 3.84. The average molecular weight is 249 g/mol. The molecule has 0 amide bonds. The quantitative estimate of drug-likeness (QED) is 0.788. The van der Waals surface area contributed by atoms with E-state index in [4.69, 9.17) is 18.0 Å². The number of hydrogen-bond acceptors (Lipinski definition) is 3. The highest BCUT2D eigenvalue weighted by molar-refractivity contribution is 7.80. The Labute approximate surface area is 108 Å². The second-order valence-corrected chi connectivity index (χ2v) is 5.36. The Kier molecular flexibility index (Phi) is 3.33. The first-order valence-corrected chi connectivity index (χ1v) is 6.48. The van der Waals surface area contributed by atoms with Gasteiger partial charge in [0.15, 0.2) is 0 Å². The van der Waals surface area contributed by atoms with Gasteiger partial charge < -0.3 is 11.1 Å². The summed E-state index contributed by atoms with van der Waals surface area (Å²) in [4.78, 5) is 4.88. The van der Waals surface area contributed by atoms with E-state index in [2.05, 4.69) is 17.2 Å². The minimum Gasteiger partial charge on any atom is -0.389 e. The van der Waals surface area contributed by atoms with Crippen molar-refractivity contribution >= 4 is 23.0 Å².